The lowest BCUT2D eigenvalue weighted by molar-refractivity contribution is -0.126. The summed E-state index contributed by atoms with van der Waals surface area (Å²) in [5.74, 6) is 0.878. The maximum atomic E-state index is 12.6. The molecule has 1 aliphatic heterocycles. The Morgan fingerprint density at radius 1 is 1.45 bits per heavy atom. The molecule has 2 rings (SSSR count). The van der Waals surface area contributed by atoms with Crippen LogP contribution in [0.1, 0.15) is 37.6 Å². The molecule has 1 aromatic rings. The molecule has 0 saturated heterocycles. The number of hydrogen-bond acceptors (Lipinski definition) is 4. The molecule has 118 valence electrons. The summed E-state index contributed by atoms with van der Waals surface area (Å²) in [5, 5.41) is 0. The van der Waals surface area contributed by atoms with Crippen molar-refractivity contribution in [2.45, 2.75) is 33.3 Å². The van der Waals surface area contributed by atoms with E-state index < -0.39 is 6.10 Å². The van der Waals surface area contributed by atoms with Crippen LogP contribution in [0.5, 0.6) is 11.5 Å². The van der Waals surface area contributed by atoms with Gasteiger partial charge in [0.15, 0.2) is 17.6 Å². The van der Waals surface area contributed by atoms with Gasteiger partial charge in [0.05, 0.1) is 12.3 Å². The van der Waals surface area contributed by atoms with Gasteiger partial charge in [0.25, 0.3) is 5.91 Å². The molecule has 0 aliphatic carbocycles. The zero-order chi connectivity index (χ0) is 16.3. The first kappa shape index (κ1) is 16.1. The second-order valence-electron chi connectivity index (χ2n) is 5.31. The van der Waals surface area contributed by atoms with E-state index in [-0.39, 0.29) is 5.91 Å². The third kappa shape index (κ3) is 2.98. The van der Waals surface area contributed by atoms with E-state index >= 15 is 0 Å². The van der Waals surface area contributed by atoms with Crippen molar-refractivity contribution in [1.29, 1.82) is 0 Å². The summed E-state index contributed by atoms with van der Waals surface area (Å²) in [7, 11) is 0. The smallest absolute Gasteiger partial charge is 0.268 e. The Labute approximate surface area is 130 Å². The van der Waals surface area contributed by atoms with E-state index in [1.54, 1.807) is 17.0 Å². The van der Waals surface area contributed by atoms with Gasteiger partial charge >= 0.3 is 0 Å². The summed E-state index contributed by atoms with van der Waals surface area (Å²) in [5.41, 5.74) is 1.86. The highest BCUT2D eigenvalue weighted by Crippen LogP contribution is 2.43. The summed E-state index contributed by atoms with van der Waals surface area (Å²) in [6, 6.07) is 3.29. The number of nitrogens with zero attached hydrogens (tertiary/aromatic N) is 1. The monoisotopic (exact) mass is 303 g/mol. The molecule has 0 aromatic heterocycles. The standard InChI is InChI=1S/C17H21NO4/c1-5-14-17(20)18(9-11(3)4)13-7-12(10-19)8-15(21-6-2)16(13)22-14/h7-8,10,14H,3,5-6,9H2,1-2,4H3. The average molecular weight is 303 g/mol. The summed E-state index contributed by atoms with van der Waals surface area (Å²) < 4.78 is 11.4. The molecule has 5 nitrogen and oxygen atoms in total. The van der Waals surface area contributed by atoms with Crippen LogP contribution in [0.25, 0.3) is 0 Å². The van der Waals surface area contributed by atoms with Crippen LogP contribution >= 0.6 is 0 Å². The average Bonchev–Trinajstić information content (AvgIpc) is 2.49. The number of carbonyl (C=O) groups is 2. The van der Waals surface area contributed by atoms with E-state index in [0.29, 0.717) is 42.3 Å². The number of anilines is 1. The third-order valence-electron chi connectivity index (χ3n) is 3.38. The molecule has 1 heterocycles. The van der Waals surface area contributed by atoms with Crippen molar-refractivity contribution in [3.05, 3.63) is 29.8 Å². The van der Waals surface area contributed by atoms with Crippen molar-refractivity contribution in [2.75, 3.05) is 18.1 Å². The van der Waals surface area contributed by atoms with Gasteiger partial charge in [-0.15, -0.1) is 0 Å². The Morgan fingerprint density at radius 3 is 2.73 bits per heavy atom. The summed E-state index contributed by atoms with van der Waals surface area (Å²) >= 11 is 0. The quantitative estimate of drug-likeness (QED) is 0.599. The molecule has 22 heavy (non-hydrogen) atoms. The Balaban J connectivity index is 2.59. The summed E-state index contributed by atoms with van der Waals surface area (Å²) in [6.45, 7) is 10.3. The first-order valence-electron chi connectivity index (χ1n) is 7.40. The van der Waals surface area contributed by atoms with Crippen molar-refractivity contribution in [2.24, 2.45) is 0 Å². The first-order valence-corrected chi connectivity index (χ1v) is 7.40. The first-order chi connectivity index (χ1) is 10.5. The topological polar surface area (TPSA) is 55.8 Å². The lowest BCUT2D eigenvalue weighted by Gasteiger charge is -2.35. The highest BCUT2D eigenvalue weighted by molar-refractivity contribution is 6.02. The fraction of sp³-hybridized carbons (Fsp3) is 0.412. The summed E-state index contributed by atoms with van der Waals surface area (Å²) in [6.07, 6.45) is 0.748. The maximum Gasteiger partial charge on any atom is 0.268 e. The Morgan fingerprint density at radius 2 is 2.18 bits per heavy atom. The van der Waals surface area contributed by atoms with E-state index in [1.165, 1.54) is 0 Å². The van der Waals surface area contributed by atoms with Crippen molar-refractivity contribution < 1.29 is 19.1 Å². The molecule has 5 heteroatoms. The molecule has 0 spiro atoms. The van der Waals surface area contributed by atoms with Gasteiger partial charge in [0.2, 0.25) is 0 Å². The molecule has 0 fully saturated rings. The van der Waals surface area contributed by atoms with Gasteiger partial charge in [-0.2, -0.15) is 0 Å². The van der Waals surface area contributed by atoms with Crippen LogP contribution < -0.4 is 14.4 Å². The fourth-order valence-corrected chi connectivity index (χ4v) is 2.43. The molecule has 1 amide bonds. The van der Waals surface area contributed by atoms with Gasteiger partial charge in [-0.1, -0.05) is 19.1 Å². The zero-order valence-corrected chi connectivity index (χ0v) is 13.2. The minimum absolute atomic E-state index is 0.122. The van der Waals surface area contributed by atoms with Crippen molar-refractivity contribution in [3.63, 3.8) is 0 Å². The van der Waals surface area contributed by atoms with Gasteiger partial charge in [0.1, 0.15) is 6.29 Å². The van der Waals surface area contributed by atoms with Crippen LogP contribution in [0, 0.1) is 0 Å². The number of carbonyl (C=O) groups excluding carboxylic acids is 2. The Hall–Kier alpha value is -2.30. The number of rotatable bonds is 6. The molecule has 0 bridgehead atoms. The fourth-order valence-electron chi connectivity index (χ4n) is 2.43. The lowest BCUT2D eigenvalue weighted by Crippen LogP contribution is -2.46. The Kier molecular flexibility index (Phi) is 4.85. The third-order valence-corrected chi connectivity index (χ3v) is 3.38. The molecular weight excluding hydrogens is 282 g/mol. The number of fused-ring (bicyclic) bond motifs is 1. The van der Waals surface area contributed by atoms with Crippen LogP contribution in [0.15, 0.2) is 24.3 Å². The lowest BCUT2D eigenvalue weighted by atomic mass is 10.1. The molecule has 1 unspecified atom stereocenters. The van der Waals surface area contributed by atoms with E-state index in [2.05, 4.69) is 6.58 Å². The van der Waals surface area contributed by atoms with Crippen LogP contribution in [0.4, 0.5) is 5.69 Å². The molecule has 0 N–H and O–H groups in total. The predicted octanol–water partition coefficient (Wildman–Crippen LogP) is 2.98. The van der Waals surface area contributed by atoms with E-state index in [4.69, 9.17) is 9.47 Å². The number of benzene rings is 1. The highest BCUT2D eigenvalue weighted by Gasteiger charge is 2.35. The zero-order valence-electron chi connectivity index (χ0n) is 13.2. The van der Waals surface area contributed by atoms with E-state index in [9.17, 15) is 9.59 Å². The van der Waals surface area contributed by atoms with Gasteiger partial charge in [-0.3, -0.25) is 9.59 Å². The second kappa shape index (κ2) is 6.64. The molecular formula is C17H21NO4. The minimum Gasteiger partial charge on any atom is -0.490 e. The predicted molar refractivity (Wildman–Crippen MR) is 84.9 cm³/mol. The van der Waals surface area contributed by atoms with Gasteiger partial charge in [0, 0.05) is 12.1 Å². The second-order valence-corrected chi connectivity index (χ2v) is 5.31. The number of aldehydes is 1. The highest BCUT2D eigenvalue weighted by atomic mass is 16.5. The Bertz CT molecular complexity index is 609. The SMILES string of the molecule is C=C(C)CN1C(=O)C(CC)Oc2c(OCC)cc(C=O)cc21. The van der Waals surface area contributed by atoms with Crippen LogP contribution in [0.3, 0.4) is 0 Å². The molecule has 0 radical (unpaired) electrons. The summed E-state index contributed by atoms with van der Waals surface area (Å²) in [4.78, 5) is 25.3. The van der Waals surface area contributed by atoms with Gasteiger partial charge in [-0.25, -0.2) is 0 Å². The van der Waals surface area contributed by atoms with Crippen molar-refractivity contribution >= 4 is 17.9 Å². The van der Waals surface area contributed by atoms with Crippen LogP contribution in [-0.2, 0) is 4.79 Å². The van der Waals surface area contributed by atoms with Gasteiger partial charge in [-0.05, 0) is 32.4 Å². The molecule has 0 saturated carbocycles. The number of hydrogen-bond donors (Lipinski definition) is 0. The maximum absolute atomic E-state index is 12.6. The van der Waals surface area contributed by atoms with Gasteiger partial charge < -0.3 is 14.4 Å². The number of ether oxygens (including phenoxy) is 2. The molecule has 1 aromatic carbocycles. The van der Waals surface area contributed by atoms with Crippen molar-refractivity contribution in [3.8, 4) is 11.5 Å². The largest absolute Gasteiger partial charge is 0.490 e. The molecule has 1 atom stereocenters. The van der Waals surface area contributed by atoms with Crippen molar-refractivity contribution in [1.82, 2.24) is 0 Å². The van der Waals surface area contributed by atoms with E-state index in [1.807, 2.05) is 20.8 Å². The van der Waals surface area contributed by atoms with E-state index in [0.717, 1.165) is 11.9 Å². The molecule has 1 aliphatic rings. The normalized spacial score (nSPS) is 16.8. The van der Waals surface area contributed by atoms with Crippen LogP contribution in [-0.4, -0.2) is 31.4 Å². The van der Waals surface area contributed by atoms with Crippen LogP contribution in [0.2, 0.25) is 0 Å². The minimum atomic E-state index is -0.548. The number of amides is 1.